The Morgan fingerprint density at radius 2 is 1.52 bits per heavy atom. The average molecular weight is 348 g/mol. The minimum atomic E-state index is -4.99. The first-order valence-electron chi connectivity index (χ1n) is 4.78. The van der Waals surface area contributed by atoms with E-state index >= 15 is 0 Å². The molecule has 0 heterocycles. The van der Waals surface area contributed by atoms with Crippen LogP contribution in [0.1, 0.15) is 0 Å². The van der Waals surface area contributed by atoms with Crippen molar-refractivity contribution in [1.29, 1.82) is 0 Å². The summed E-state index contributed by atoms with van der Waals surface area (Å²) in [6, 6.07) is 5.45. The quantitative estimate of drug-likeness (QED) is 0.422. The maximum absolute atomic E-state index is 11.5. The van der Waals surface area contributed by atoms with Crippen LogP contribution in [0, 0.1) is 0 Å². The van der Waals surface area contributed by atoms with Crippen molar-refractivity contribution in [2.45, 2.75) is 9.79 Å². The van der Waals surface area contributed by atoms with E-state index in [9.17, 15) is 26.5 Å². The average Bonchev–Trinajstić information content (AvgIpc) is 2.24. The van der Waals surface area contributed by atoms with E-state index in [1.807, 2.05) is 0 Å². The van der Waals surface area contributed by atoms with Crippen LogP contribution in [0.15, 0.2) is 40.1 Å². The molecule has 2 rings (SSSR count). The number of hydrogen-bond donors (Lipinski definition) is 1. The molecular weight excluding hydrogens is 342 g/mol. The van der Waals surface area contributed by atoms with Gasteiger partial charge in [-0.15, -0.1) is 0 Å². The number of rotatable bonds is 2. The van der Waals surface area contributed by atoms with Crippen molar-refractivity contribution in [3.8, 4) is 5.75 Å². The summed E-state index contributed by atoms with van der Waals surface area (Å²) in [4.78, 5) is -1.98. The molecule has 0 saturated heterocycles. The molecule has 0 amide bonds. The maximum Gasteiger partial charge on any atom is 1.00 e. The Kier molecular flexibility index (Phi) is 7.37. The van der Waals surface area contributed by atoms with E-state index in [2.05, 4.69) is 0 Å². The summed E-state index contributed by atoms with van der Waals surface area (Å²) >= 11 is 0. The fourth-order valence-corrected chi connectivity index (χ4v) is 3.35. The summed E-state index contributed by atoms with van der Waals surface area (Å²) in [7, 11) is -9.95. The van der Waals surface area contributed by atoms with E-state index in [0.29, 0.717) is 0 Å². The number of benzene rings is 2. The molecule has 0 aromatic heterocycles. The topological polar surface area (TPSA) is 135 Å². The van der Waals surface area contributed by atoms with Gasteiger partial charge in [0.2, 0.25) is 0 Å². The SMILES string of the molecule is O=S(=O)([O-])c1cccc2ccc([O-])c(S(=O)(=O)O)c12.[Na+].[Na+]. The van der Waals surface area contributed by atoms with Crippen molar-refractivity contribution in [3.05, 3.63) is 30.3 Å². The van der Waals surface area contributed by atoms with Gasteiger partial charge in [-0.2, -0.15) is 8.42 Å². The molecule has 0 bridgehead atoms. The number of hydrogen-bond acceptors (Lipinski definition) is 6. The van der Waals surface area contributed by atoms with Gasteiger partial charge < -0.3 is 9.66 Å². The first-order chi connectivity index (χ1) is 8.62. The molecule has 102 valence electrons. The molecule has 2 aromatic rings. The van der Waals surface area contributed by atoms with Gasteiger partial charge in [0.15, 0.2) is 0 Å². The fraction of sp³-hybridized carbons (Fsp3) is 0. The summed E-state index contributed by atoms with van der Waals surface area (Å²) in [6.45, 7) is 0. The van der Waals surface area contributed by atoms with Gasteiger partial charge in [0.05, 0.1) is 9.79 Å². The third-order valence-electron chi connectivity index (χ3n) is 2.45. The minimum absolute atomic E-state index is 0. The van der Waals surface area contributed by atoms with E-state index in [-0.39, 0.29) is 64.5 Å². The Bertz CT molecular complexity index is 876. The second-order valence-electron chi connectivity index (χ2n) is 3.68. The molecule has 2 aromatic carbocycles. The molecule has 21 heavy (non-hydrogen) atoms. The van der Waals surface area contributed by atoms with E-state index in [4.69, 9.17) is 4.55 Å². The van der Waals surface area contributed by atoms with Crippen molar-refractivity contribution in [3.63, 3.8) is 0 Å². The van der Waals surface area contributed by atoms with Crippen LogP contribution in [0.5, 0.6) is 5.75 Å². The summed E-state index contributed by atoms with van der Waals surface area (Å²) in [5, 5.41) is 11.0. The molecule has 0 saturated carbocycles. The molecule has 0 spiro atoms. The molecular formula is C10H6Na2O7S2. The van der Waals surface area contributed by atoms with Crippen molar-refractivity contribution < 1.29 is 90.2 Å². The van der Waals surface area contributed by atoms with E-state index in [1.54, 1.807) is 0 Å². The molecule has 1 N–H and O–H groups in total. The summed E-state index contributed by atoms with van der Waals surface area (Å²) in [6.07, 6.45) is 0. The van der Waals surface area contributed by atoms with Gasteiger partial charge in [-0.05, 0) is 11.5 Å². The Balaban J connectivity index is 0.00000200. The van der Waals surface area contributed by atoms with E-state index in [1.165, 1.54) is 18.2 Å². The molecule has 0 aliphatic carbocycles. The first kappa shape index (κ1) is 21.3. The molecule has 7 nitrogen and oxygen atoms in total. The largest absolute Gasteiger partial charge is 1.00 e. The Morgan fingerprint density at radius 1 is 0.952 bits per heavy atom. The standard InChI is InChI=1S/C10H8O7S2.2Na/c11-7-5-4-6-2-1-3-8(18(12,13)14)9(6)10(7)19(15,16)17;;/h1-5,11H,(H,12,13,14)(H,15,16,17);;/q;2*+1/p-2. The third-order valence-corrected chi connectivity index (χ3v) is 4.25. The molecule has 11 heteroatoms. The monoisotopic (exact) mass is 348 g/mol. The Labute approximate surface area is 165 Å². The summed E-state index contributed by atoms with van der Waals surface area (Å²) in [5.74, 6) is -1.09. The van der Waals surface area contributed by atoms with Crippen LogP contribution in [-0.4, -0.2) is 25.9 Å². The number of fused-ring (bicyclic) bond motifs is 1. The smallest absolute Gasteiger partial charge is 0.872 e. The van der Waals surface area contributed by atoms with E-state index in [0.717, 1.165) is 12.1 Å². The van der Waals surface area contributed by atoms with Crippen LogP contribution >= 0.6 is 0 Å². The fourth-order valence-electron chi connectivity index (χ4n) is 1.76. The van der Waals surface area contributed by atoms with Gasteiger partial charge >= 0.3 is 59.1 Å². The third kappa shape index (κ3) is 4.41. The molecule has 0 unspecified atom stereocenters. The van der Waals surface area contributed by atoms with Crippen LogP contribution in [0.3, 0.4) is 0 Å². The Morgan fingerprint density at radius 3 is 2.00 bits per heavy atom. The predicted molar refractivity (Wildman–Crippen MR) is 61.2 cm³/mol. The van der Waals surface area contributed by atoms with Crippen molar-refractivity contribution in [1.82, 2.24) is 0 Å². The van der Waals surface area contributed by atoms with Gasteiger partial charge in [-0.3, -0.25) is 4.55 Å². The second kappa shape index (κ2) is 7.26. The van der Waals surface area contributed by atoms with Gasteiger partial charge in [-0.1, -0.05) is 30.0 Å². The second-order valence-corrected chi connectivity index (χ2v) is 6.38. The van der Waals surface area contributed by atoms with E-state index < -0.39 is 41.2 Å². The van der Waals surface area contributed by atoms with Gasteiger partial charge in [0.1, 0.15) is 10.1 Å². The van der Waals surface area contributed by atoms with Gasteiger partial charge in [0.25, 0.3) is 10.1 Å². The normalized spacial score (nSPS) is 11.5. The van der Waals surface area contributed by atoms with Crippen LogP contribution in [0.25, 0.3) is 10.8 Å². The first-order valence-corrected chi connectivity index (χ1v) is 7.63. The molecule has 0 atom stereocenters. The zero-order valence-electron chi connectivity index (χ0n) is 11.1. The van der Waals surface area contributed by atoms with Crippen LogP contribution in [-0.2, 0) is 20.2 Å². The van der Waals surface area contributed by atoms with Crippen molar-refractivity contribution in [2.24, 2.45) is 0 Å². The maximum atomic E-state index is 11.5. The van der Waals surface area contributed by atoms with Crippen LogP contribution in [0.4, 0.5) is 0 Å². The molecule has 0 aliphatic rings. The van der Waals surface area contributed by atoms with Gasteiger partial charge in [-0.25, -0.2) is 8.42 Å². The zero-order chi connectivity index (χ0) is 14.4. The van der Waals surface area contributed by atoms with Crippen LogP contribution < -0.4 is 64.2 Å². The van der Waals surface area contributed by atoms with Gasteiger partial charge in [0, 0.05) is 5.39 Å². The Hall–Kier alpha value is 0.320. The molecule has 0 fully saturated rings. The summed E-state index contributed by atoms with van der Waals surface area (Å²) < 4.78 is 64.8. The van der Waals surface area contributed by atoms with Crippen LogP contribution in [0.2, 0.25) is 0 Å². The van der Waals surface area contributed by atoms with Crippen molar-refractivity contribution >= 4 is 31.0 Å². The minimum Gasteiger partial charge on any atom is -0.872 e. The van der Waals surface area contributed by atoms with Crippen molar-refractivity contribution in [2.75, 3.05) is 0 Å². The molecule has 0 aliphatic heterocycles. The molecule has 0 radical (unpaired) electrons. The summed E-state index contributed by atoms with van der Waals surface area (Å²) in [5.41, 5.74) is 0. The zero-order valence-corrected chi connectivity index (χ0v) is 16.7. The predicted octanol–water partition coefficient (Wildman–Crippen LogP) is -5.93.